The van der Waals surface area contributed by atoms with Gasteiger partial charge in [-0.1, -0.05) is 141 Å². The molecule has 0 radical (unpaired) electrons. The molecule has 0 aliphatic rings. The summed E-state index contributed by atoms with van der Waals surface area (Å²) in [6.45, 7) is 2.77. The molecule has 4 N–H and O–H groups in total. The number of rotatable bonds is 40. The minimum Gasteiger partial charge on any atom is -0.480 e. The molecule has 0 aliphatic carbocycles. The summed E-state index contributed by atoms with van der Waals surface area (Å²) in [4.78, 5) is 45.9. The lowest BCUT2D eigenvalue weighted by Crippen LogP contribution is -2.34. The summed E-state index contributed by atoms with van der Waals surface area (Å²) in [6.07, 6.45) is 38.1. The predicted octanol–water partition coefficient (Wildman–Crippen LogP) is 11.1. The third kappa shape index (κ3) is 36.9. The fourth-order valence-corrected chi connectivity index (χ4v) is 6.54. The van der Waals surface area contributed by atoms with Crippen molar-refractivity contribution in [3.05, 3.63) is 24.3 Å². The quantitative estimate of drug-likeness (QED) is 0.0233. The summed E-state index contributed by atoms with van der Waals surface area (Å²) in [5, 5.41) is 8.88. The molecular weight excluding hydrogens is 709 g/mol. The SMILES string of the molecule is CCCCCC/C=C/CCCCCCCCCC(=O)OC[C@H](COP(=O)(O)OC[C@H](N)C(=O)O)OC(=O)CCCCCCC/C=C/CCCCCCCC. The average molecular weight is 788 g/mol. The Morgan fingerprint density at radius 3 is 1.37 bits per heavy atom. The minimum atomic E-state index is -4.71. The van der Waals surface area contributed by atoms with Crippen LogP contribution < -0.4 is 5.73 Å². The van der Waals surface area contributed by atoms with Crippen molar-refractivity contribution in [2.24, 2.45) is 5.73 Å². The van der Waals surface area contributed by atoms with E-state index in [0.717, 1.165) is 64.2 Å². The molecule has 0 aromatic rings. The van der Waals surface area contributed by atoms with Crippen LogP contribution in [-0.2, 0) is 37.5 Å². The molecule has 316 valence electrons. The highest BCUT2D eigenvalue weighted by molar-refractivity contribution is 7.47. The molecule has 0 saturated carbocycles. The molecule has 0 bridgehead atoms. The number of carbonyl (C=O) groups is 3. The highest BCUT2D eigenvalue weighted by Gasteiger charge is 2.28. The number of hydrogen-bond acceptors (Lipinski definition) is 9. The number of allylic oxidation sites excluding steroid dienone is 4. The molecule has 0 rings (SSSR count). The minimum absolute atomic E-state index is 0.152. The number of phosphoric ester groups is 1. The Kier molecular flexibility index (Phi) is 36.4. The lowest BCUT2D eigenvalue weighted by Gasteiger charge is -2.20. The largest absolute Gasteiger partial charge is 0.480 e. The van der Waals surface area contributed by atoms with Gasteiger partial charge in [-0.3, -0.25) is 23.4 Å². The molecule has 0 saturated heterocycles. The molecular formula is C42H78NO10P. The molecule has 0 amide bonds. The van der Waals surface area contributed by atoms with E-state index in [4.69, 9.17) is 24.8 Å². The van der Waals surface area contributed by atoms with Crippen LogP contribution in [0.3, 0.4) is 0 Å². The van der Waals surface area contributed by atoms with Crippen LogP contribution in [0.4, 0.5) is 0 Å². The van der Waals surface area contributed by atoms with Gasteiger partial charge in [-0.05, 0) is 64.2 Å². The molecule has 0 aromatic heterocycles. The van der Waals surface area contributed by atoms with Crippen molar-refractivity contribution >= 4 is 25.7 Å². The van der Waals surface area contributed by atoms with Gasteiger partial charge in [0.05, 0.1) is 13.2 Å². The van der Waals surface area contributed by atoms with Crippen LogP contribution in [0, 0.1) is 0 Å². The summed E-state index contributed by atoms with van der Waals surface area (Å²) >= 11 is 0. The van der Waals surface area contributed by atoms with Gasteiger partial charge in [0, 0.05) is 12.8 Å². The number of phosphoric acid groups is 1. The Balaban J connectivity index is 4.39. The Morgan fingerprint density at radius 1 is 0.556 bits per heavy atom. The number of aliphatic carboxylic acids is 1. The molecule has 12 heteroatoms. The first kappa shape index (κ1) is 52.0. The Morgan fingerprint density at radius 2 is 0.926 bits per heavy atom. The van der Waals surface area contributed by atoms with Gasteiger partial charge in [-0.15, -0.1) is 0 Å². The number of unbranched alkanes of at least 4 members (excludes halogenated alkanes) is 22. The lowest BCUT2D eigenvalue weighted by molar-refractivity contribution is -0.161. The molecule has 0 aliphatic heterocycles. The van der Waals surface area contributed by atoms with Crippen molar-refractivity contribution in [2.45, 2.75) is 206 Å². The van der Waals surface area contributed by atoms with Crippen LogP contribution in [-0.4, -0.2) is 59.9 Å². The van der Waals surface area contributed by atoms with Crippen LogP contribution >= 0.6 is 7.82 Å². The summed E-state index contributed by atoms with van der Waals surface area (Å²) in [5.74, 6) is -2.39. The van der Waals surface area contributed by atoms with E-state index >= 15 is 0 Å². The maximum absolute atomic E-state index is 12.6. The maximum Gasteiger partial charge on any atom is 0.472 e. The summed E-state index contributed by atoms with van der Waals surface area (Å²) in [6, 6.07) is -1.52. The highest BCUT2D eigenvalue weighted by Crippen LogP contribution is 2.43. The van der Waals surface area contributed by atoms with E-state index in [-0.39, 0.29) is 19.4 Å². The molecule has 0 fully saturated rings. The fraction of sp³-hybridized carbons (Fsp3) is 0.833. The van der Waals surface area contributed by atoms with Crippen LogP contribution in [0.2, 0.25) is 0 Å². The monoisotopic (exact) mass is 788 g/mol. The Hall–Kier alpha value is -2.04. The van der Waals surface area contributed by atoms with Gasteiger partial charge in [0.1, 0.15) is 12.6 Å². The van der Waals surface area contributed by atoms with Crippen LogP contribution in [0.1, 0.15) is 194 Å². The van der Waals surface area contributed by atoms with E-state index in [9.17, 15) is 23.8 Å². The van der Waals surface area contributed by atoms with Crippen molar-refractivity contribution in [3.8, 4) is 0 Å². The van der Waals surface area contributed by atoms with Crippen molar-refractivity contribution < 1.29 is 47.5 Å². The zero-order valence-corrected chi connectivity index (χ0v) is 35.0. The summed E-state index contributed by atoms with van der Waals surface area (Å²) in [7, 11) is -4.71. The number of carbonyl (C=O) groups excluding carboxylic acids is 2. The van der Waals surface area contributed by atoms with Gasteiger partial charge < -0.3 is 25.2 Å². The Labute approximate surface area is 328 Å². The van der Waals surface area contributed by atoms with Gasteiger partial charge in [0.25, 0.3) is 0 Å². The third-order valence-electron chi connectivity index (χ3n) is 9.17. The second-order valence-corrected chi connectivity index (χ2v) is 15.9. The molecule has 1 unspecified atom stereocenters. The second-order valence-electron chi connectivity index (χ2n) is 14.5. The van der Waals surface area contributed by atoms with E-state index < -0.39 is 51.1 Å². The molecule has 0 spiro atoms. The van der Waals surface area contributed by atoms with Gasteiger partial charge >= 0.3 is 25.7 Å². The number of nitrogens with two attached hydrogens (primary N) is 1. The van der Waals surface area contributed by atoms with E-state index in [2.05, 4.69) is 42.7 Å². The van der Waals surface area contributed by atoms with E-state index in [1.165, 1.54) is 89.9 Å². The first-order valence-corrected chi connectivity index (χ1v) is 22.9. The van der Waals surface area contributed by atoms with Gasteiger partial charge in [0.15, 0.2) is 6.10 Å². The van der Waals surface area contributed by atoms with Crippen LogP contribution in [0.15, 0.2) is 24.3 Å². The molecule has 0 heterocycles. The average Bonchev–Trinajstić information content (AvgIpc) is 3.14. The number of ether oxygens (including phenoxy) is 2. The number of carboxylic acids is 1. The van der Waals surface area contributed by atoms with E-state index in [0.29, 0.717) is 12.8 Å². The van der Waals surface area contributed by atoms with Crippen molar-refractivity contribution in [3.63, 3.8) is 0 Å². The van der Waals surface area contributed by atoms with Gasteiger partial charge in [0.2, 0.25) is 0 Å². The molecule has 3 atom stereocenters. The Bertz CT molecular complexity index is 1020. The normalized spacial score (nSPS) is 14.0. The smallest absolute Gasteiger partial charge is 0.472 e. The number of hydrogen-bond donors (Lipinski definition) is 3. The van der Waals surface area contributed by atoms with Crippen molar-refractivity contribution in [1.82, 2.24) is 0 Å². The standard InChI is InChI=1S/C42H78NO10P/c1-3-5-7-9-11-13-15-17-19-21-23-25-27-29-31-33-40(44)50-35-38(36-51-54(48,49)52-37-39(43)42(46)47)53-41(45)34-32-30-28-26-24-22-20-18-16-14-12-10-8-6-4-2/h13,15,18,20,38-39H,3-12,14,16-17,19,21-37,43H2,1-2H3,(H,46,47)(H,48,49)/b15-13+,20-18+/t38-,39+/m1/s1. The van der Waals surface area contributed by atoms with Crippen LogP contribution in [0.25, 0.3) is 0 Å². The van der Waals surface area contributed by atoms with E-state index in [1.54, 1.807) is 0 Å². The van der Waals surface area contributed by atoms with Gasteiger partial charge in [-0.25, -0.2) is 4.57 Å². The lowest BCUT2D eigenvalue weighted by atomic mass is 10.1. The molecule has 11 nitrogen and oxygen atoms in total. The molecule has 54 heavy (non-hydrogen) atoms. The van der Waals surface area contributed by atoms with Crippen molar-refractivity contribution in [2.75, 3.05) is 19.8 Å². The van der Waals surface area contributed by atoms with Gasteiger partial charge in [-0.2, -0.15) is 0 Å². The fourth-order valence-electron chi connectivity index (χ4n) is 5.76. The topological polar surface area (TPSA) is 172 Å². The first-order chi connectivity index (χ1) is 26.1. The van der Waals surface area contributed by atoms with E-state index in [1.807, 2.05) is 0 Å². The first-order valence-electron chi connectivity index (χ1n) is 21.4. The maximum atomic E-state index is 12.6. The zero-order chi connectivity index (χ0) is 40.0. The van der Waals surface area contributed by atoms with Crippen molar-refractivity contribution in [1.29, 1.82) is 0 Å². The number of esters is 2. The summed E-state index contributed by atoms with van der Waals surface area (Å²) < 4.78 is 32.7. The second kappa shape index (κ2) is 37.9. The molecule has 0 aromatic carbocycles. The highest BCUT2D eigenvalue weighted by atomic mass is 31.2. The van der Waals surface area contributed by atoms with Crippen LogP contribution in [0.5, 0.6) is 0 Å². The third-order valence-corrected chi connectivity index (χ3v) is 10.1. The zero-order valence-electron chi connectivity index (χ0n) is 34.1. The summed E-state index contributed by atoms with van der Waals surface area (Å²) in [5.41, 5.74) is 5.33. The number of carboxylic acid groups (broad SMARTS) is 1. The predicted molar refractivity (Wildman–Crippen MR) is 217 cm³/mol.